The highest BCUT2D eigenvalue weighted by Gasteiger charge is 2.39. The Hall–Kier alpha value is -3.84. The monoisotopic (exact) mass is 516 g/mol. The Balaban J connectivity index is 1.57. The fourth-order valence-electron chi connectivity index (χ4n) is 4.76. The molecule has 7 nitrogen and oxygen atoms in total. The first-order valence-electron chi connectivity index (χ1n) is 12.2. The number of hydrogen-bond acceptors (Lipinski definition) is 4. The Morgan fingerprint density at radius 3 is 2.49 bits per heavy atom. The molecule has 1 aliphatic heterocycles. The van der Waals surface area contributed by atoms with Gasteiger partial charge in [0.1, 0.15) is 17.5 Å². The number of fused-ring (bicyclic) bond motifs is 3. The van der Waals surface area contributed by atoms with E-state index in [1.54, 1.807) is 24.4 Å². The Bertz CT molecular complexity index is 1440. The summed E-state index contributed by atoms with van der Waals surface area (Å²) in [6.07, 6.45) is 1.45. The van der Waals surface area contributed by atoms with Gasteiger partial charge in [-0.2, -0.15) is 0 Å². The minimum Gasteiger partial charge on any atom is -0.444 e. The number of halogens is 1. The molecule has 0 saturated heterocycles. The van der Waals surface area contributed by atoms with Crippen molar-refractivity contribution in [3.63, 3.8) is 0 Å². The van der Waals surface area contributed by atoms with Crippen molar-refractivity contribution >= 4 is 40.3 Å². The molecule has 5 rings (SSSR count). The van der Waals surface area contributed by atoms with Gasteiger partial charge in [0.2, 0.25) is 5.91 Å². The first-order valence-corrected chi connectivity index (χ1v) is 12.6. The Labute approximate surface area is 221 Å². The van der Waals surface area contributed by atoms with Crippen molar-refractivity contribution in [2.45, 2.75) is 51.9 Å². The number of carbonyl (C=O) groups is 2. The van der Waals surface area contributed by atoms with Gasteiger partial charge in [-0.1, -0.05) is 48.0 Å². The van der Waals surface area contributed by atoms with E-state index in [0.29, 0.717) is 23.8 Å². The second-order valence-corrected chi connectivity index (χ2v) is 10.6. The first-order chi connectivity index (χ1) is 17.7. The van der Waals surface area contributed by atoms with Crippen LogP contribution in [-0.2, 0) is 29.0 Å². The molecule has 3 heterocycles. The molecule has 2 aromatic heterocycles. The smallest absolute Gasteiger partial charge is 0.411 e. The fourth-order valence-corrected chi connectivity index (χ4v) is 4.88. The summed E-state index contributed by atoms with van der Waals surface area (Å²) in [5.74, 6) is 0.136. The van der Waals surface area contributed by atoms with Crippen LogP contribution < -0.4 is 5.32 Å². The Morgan fingerprint density at radius 2 is 1.78 bits per heavy atom. The molecule has 0 saturated carbocycles. The standard InChI is InChI=1S/C29H29ClN4O3/c1-29(2,3)37-28(36)34-18-25-22(16-24(34)27(35)32-26-10-6-7-15-31-26)21-8-4-5-9-23(21)33(25)17-19-11-13-20(30)14-12-19/h4-15,24H,16-18H2,1-3H3,(H,31,32,35). The molecule has 1 atom stereocenters. The topological polar surface area (TPSA) is 76.5 Å². The molecular weight excluding hydrogens is 488 g/mol. The third-order valence-electron chi connectivity index (χ3n) is 6.39. The van der Waals surface area contributed by atoms with Gasteiger partial charge in [-0.15, -0.1) is 0 Å². The number of carbonyl (C=O) groups excluding carboxylic acids is 2. The van der Waals surface area contributed by atoms with Crippen molar-refractivity contribution in [2.75, 3.05) is 5.32 Å². The summed E-state index contributed by atoms with van der Waals surface area (Å²) >= 11 is 6.11. The highest BCUT2D eigenvalue weighted by Crippen LogP contribution is 2.35. The van der Waals surface area contributed by atoms with Crippen LogP contribution in [0.25, 0.3) is 10.9 Å². The van der Waals surface area contributed by atoms with Gasteiger partial charge >= 0.3 is 6.09 Å². The number of anilines is 1. The maximum absolute atomic E-state index is 13.5. The molecule has 2 amide bonds. The summed E-state index contributed by atoms with van der Waals surface area (Å²) in [5.41, 5.74) is 3.49. The van der Waals surface area contributed by atoms with E-state index in [2.05, 4.69) is 27.0 Å². The summed E-state index contributed by atoms with van der Waals surface area (Å²) in [6.45, 7) is 6.31. The highest BCUT2D eigenvalue weighted by atomic mass is 35.5. The molecule has 2 aromatic carbocycles. The van der Waals surface area contributed by atoms with Gasteiger partial charge in [0.05, 0.1) is 6.54 Å². The van der Waals surface area contributed by atoms with Crippen LogP contribution in [0, 0.1) is 0 Å². The normalized spacial score (nSPS) is 15.4. The van der Waals surface area contributed by atoms with Gasteiger partial charge < -0.3 is 14.6 Å². The third kappa shape index (κ3) is 5.32. The number of nitrogens with zero attached hydrogens (tertiary/aromatic N) is 3. The molecule has 0 radical (unpaired) electrons. The van der Waals surface area contributed by atoms with E-state index in [-0.39, 0.29) is 12.5 Å². The maximum atomic E-state index is 13.5. The van der Waals surface area contributed by atoms with Gasteiger partial charge in [0.25, 0.3) is 0 Å². The lowest BCUT2D eigenvalue weighted by Gasteiger charge is -2.36. The van der Waals surface area contributed by atoms with E-state index in [0.717, 1.165) is 27.7 Å². The van der Waals surface area contributed by atoms with E-state index < -0.39 is 17.7 Å². The quantitative estimate of drug-likeness (QED) is 0.359. The zero-order chi connectivity index (χ0) is 26.2. The molecule has 4 aromatic rings. The van der Waals surface area contributed by atoms with Crippen molar-refractivity contribution in [3.05, 3.63) is 94.8 Å². The number of ether oxygens (including phenoxy) is 1. The van der Waals surface area contributed by atoms with E-state index in [1.165, 1.54) is 4.90 Å². The largest absolute Gasteiger partial charge is 0.444 e. The van der Waals surface area contributed by atoms with Gasteiger partial charge in [0, 0.05) is 40.8 Å². The lowest BCUT2D eigenvalue weighted by atomic mass is 9.96. The summed E-state index contributed by atoms with van der Waals surface area (Å²) in [4.78, 5) is 32.6. The predicted octanol–water partition coefficient (Wildman–Crippen LogP) is 6.04. The second kappa shape index (κ2) is 9.90. The Kier molecular flexibility index (Phi) is 6.65. The average Bonchev–Trinajstić information content (AvgIpc) is 3.17. The number of hydrogen-bond donors (Lipinski definition) is 1. The number of rotatable bonds is 4. The minimum absolute atomic E-state index is 0.243. The van der Waals surface area contributed by atoms with Crippen LogP contribution in [0.1, 0.15) is 37.6 Å². The summed E-state index contributed by atoms with van der Waals surface area (Å²) < 4.78 is 7.96. The van der Waals surface area contributed by atoms with Crippen molar-refractivity contribution in [1.29, 1.82) is 0 Å². The number of para-hydroxylation sites is 1. The number of benzene rings is 2. The third-order valence-corrected chi connectivity index (χ3v) is 6.64. The number of amides is 2. The maximum Gasteiger partial charge on any atom is 0.411 e. The summed E-state index contributed by atoms with van der Waals surface area (Å²) in [5, 5.41) is 4.63. The average molecular weight is 517 g/mol. The van der Waals surface area contributed by atoms with Crippen molar-refractivity contribution < 1.29 is 14.3 Å². The molecule has 0 aliphatic carbocycles. The number of aromatic nitrogens is 2. The van der Waals surface area contributed by atoms with Crippen LogP contribution in [0.4, 0.5) is 10.6 Å². The summed E-state index contributed by atoms with van der Waals surface area (Å²) in [6, 6.07) is 20.5. The van der Waals surface area contributed by atoms with Crippen molar-refractivity contribution in [2.24, 2.45) is 0 Å². The first kappa shape index (κ1) is 24.8. The van der Waals surface area contributed by atoms with E-state index >= 15 is 0 Å². The molecule has 0 bridgehead atoms. The van der Waals surface area contributed by atoms with Crippen molar-refractivity contribution in [1.82, 2.24) is 14.5 Å². The number of nitrogens with one attached hydrogen (secondary N) is 1. The SMILES string of the molecule is CC(C)(C)OC(=O)N1Cc2c(c3ccccc3n2Cc2ccc(Cl)cc2)CC1C(=O)Nc1ccccn1. The molecule has 1 unspecified atom stereocenters. The number of pyridine rings is 1. The van der Waals surface area contributed by atoms with E-state index in [4.69, 9.17) is 16.3 Å². The lowest BCUT2D eigenvalue weighted by molar-refractivity contribution is -0.122. The van der Waals surface area contributed by atoms with Gasteiger partial charge in [0.15, 0.2) is 0 Å². The van der Waals surface area contributed by atoms with Gasteiger partial charge in [-0.25, -0.2) is 9.78 Å². The zero-order valence-corrected chi connectivity index (χ0v) is 21.8. The summed E-state index contributed by atoms with van der Waals surface area (Å²) in [7, 11) is 0. The van der Waals surface area contributed by atoms with E-state index in [1.807, 2.05) is 57.2 Å². The van der Waals surface area contributed by atoms with Crippen LogP contribution in [0.2, 0.25) is 5.02 Å². The minimum atomic E-state index is -0.751. The van der Waals surface area contributed by atoms with Gasteiger partial charge in [-0.3, -0.25) is 9.69 Å². The molecule has 1 N–H and O–H groups in total. The van der Waals surface area contributed by atoms with Gasteiger partial charge in [-0.05, 0) is 62.2 Å². The molecule has 1 aliphatic rings. The molecular formula is C29H29ClN4O3. The molecule has 37 heavy (non-hydrogen) atoms. The van der Waals surface area contributed by atoms with Crippen LogP contribution in [0.3, 0.4) is 0 Å². The van der Waals surface area contributed by atoms with Crippen LogP contribution in [0.5, 0.6) is 0 Å². The van der Waals surface area contributed by atoms with E-state index in [9.17, 15) is 9.59 Å². The Morgan fingerprint density at radius 1 is 1.05 bits per heavy atom. The molecule has 0 fully saturated rings. The highest BCUT2D eigenvalue weighted by molar-refractivity contribution is 6.30. The second-order valence-electron chi connectivity index (χ2n) is 10.2. The van der Waals surface area contributed by atoms with Crippen LogP contribution in [-0.4, -0.2) is 38.1 Å². The fraction of sp³-hybridized carbons (Fsp3) is 0.276. The zero-order valence-electron chi connectivity index (χ0n) is 21.1. The molecule has 8 heteroatoms. The van der Waals surface area contributed by atoms with Crippen LogP contribution in [0.15, 0.2) is 72.9 Å². The predicted molar refractivity (Wildman–Crippen MR) is 145 cm³/mol. The molecule has 0 spiro atoms. The van der Waals surface area contributed by atoms with Crippen LogP contribution >= 0.6 is 11.6 Å². The molecule has 190 valence electrons. The lowest BCUT2D eigenvalue weighted by Crippen LogP contribution is -2.52. The van der Waals surface area contributed by atoms with Crippen molar-refractivity contribution in [3.8, 4) is 0 Å².